The first-order valence-electron chi connectivity index (χ1n) is 10.8. The van der Waals surface area contributed by atoms with Gasteiger partial charge in [0.15, 0.2) is 5.13 Å². The molecule has 3 amide bonds. The Bertz CT molecular complexity index is 1160. The number of nitrogens with zero attached hydrogens (tertiary/aromatic N) is 2. The summed E-state index contributed by atoms with van der Waals surface area (Å²) in [6.07, 6.45) is 2.21. The number of hydrogen-bond acceptors (Lipinski definition) is 5. The van der Waals surface area contributed by atoms with Crippen molar-refractivity contribution in [2.24, 2.45) is 5.92 Å². The quantitative estimate of drug-likeness (QED) is 0.557. The number of thiazole rings is 1. The summed E-state index contributed by atoms with van der Waals surface area (Å²) in [5.41, 5.74) is 3.07. The zero-order valence-electron chi connectivity index (χ0n) is 18.2. The summed E-state index contributed by atoms with van der Waals surface area (Å²) in [5.74, 6) is -0.730. The Kier molecular flexibility index (Phi) is 6.50. The molecule has 7 nitrogen and oxygen atoms in total. The number of carbonyl (C=O) groups is 3. The molecule has 166 valence electrons. The van der Waals surface area contributed by atoms with Gasteiger partial charge in [0.2, 0.25) is 11.8 Å². The highest BCUT2D eigenvalue weighted by atomic mass is 32.1. The first-order valence-corrected chi connectivity index (χ1v) is 11.6. The minimum atomic E-state index is -0.343. The van der Waals surface area contributed by atoms with Gasteiger partial charge in [-0.3, -0.25) is 19.7 Å². The molecule has 1 saturated heterocycles. The summed E-state index contributed by atoms with van der Waals surface area (Å²) in [7, 11) is 0. The number of likely N-dealkylation sites (tertiary alicyclic amines) is 1. The highest BCUT2D eigenvalue weighted by molar-refractivity contribution is 7.22. The average molecular weight is 451 g/mol. The van der Waals surface area contributed by atoms with Crippen molar-refractivity contribution in [2.75, 3.05) is 23.7 Å². The Morgan fingerprint density at radius 1 is 1.16 bits per heavy atom. The van der Waals surface area contributed by atoms with E-state index in [1.165, 1.54) is 11.3 Å². The summed E-state index contributed by atoms with van der Waals surface area (Å²) in [5, 5.41) is 6.24. The molecule has 1 fully saturated rings. The molecule has 2 aromatic carbocycles. The van der Waals surface area contributed by atoms with E-state index in [9.17, 15) is 14.4 Å². The van der Waals surface area contributed by atoms with E-state index in [2.05, 4.69) is 22.5 Å². The van der Waals surface area contributed by atoms with Gasteiger partial charge in [-0.15, -0.1) is 0 Å². The Hall–Kier alpha value is -3.26. The molecule has 0 saturated carbocycles. The molecule has 0 spiro atoms. The lowest BCUT2D eigenvalue weighted by atomic mass is 10.1. The van der Waals surface area contributed by atoms with E-state index in [4.69, 9.17) is 0 Å². The number of aromatic nitrogens is 1. The molecule has 1 aliphatic heterocycles. The van der Waals surface area contributed by atoms with Crippen molar-refractivity contribution in [1.82, 2.24) is 9.88 Å². The van der Waals surface area contributed by atoms with Crippen molar-refractivity contribution in [3.05, 3.63) is 53.6 Å². The van der Waals surface area contributed by atoms with Crippen LogP contribution in [0.3, 0.4) is 0 Å². The molecule has 0 aliphatic carbocycles. The molecule has 32 heavy (non-hydrogen) atoms. The number of anilines is 2. The molecule has 1 aliphatic rings. The number of nitrogens with one attached hydrogen (secondary N) is 2. The van der Waals surface area contributed by atoms with Gasteiger partial charge in [0, 0.05) is 30.8 Å². The molecule has 2 N–H and O–H groups in total. The molecule has 2 heterocycles. The van der Waals surface area contributed by atoms with Crippen LogP contribution in [0.1, 0.15) is 42.1 Å². The van der Waals surface area contributed by atoms with Crippen molar-refractivity contribution in [3.63, 3.8) is 0 Å². The van der Waals surface area contributed by atoms with E-state index in [-0.39, 0.29) is 30.1 Å². The zero-order chi connectivity index (χ0) is 22.7. The fraction of sp³-hybridized carbons (Fsp3) is 0.333. The Morgan fingerprint density at radius 2 is 1.94 bits per heavy atom. The average Bonchev–Trinajstić information content (AvgIpc) is 3.34. The topological polar surface area (TPSA) is 91.4 Å². The maximum absolute atomic E-state index is 12.6. The maximum atomic E-state index is 12.6. The summed E-state index contributed by atoms with van der Waals surface area (Å²) in [6.45, 7) is 5.27. The van der Waals surface area contributed by atoms with E-state index in [1.54, 1.807) is 29.2 Å². The predicted octanol–water partition coefficient (Wildman–Crippen LogP) is 4.44. The first kappa shape index (κ1) is 22.0. The standard InChI is InChI=1S/C24H26N4O3S/c1-3-4-11-28-14-17(13-21(28)29)23(31)25-18-8-6-16(7-9-18)22(30)27-24-26-19-10-5-15(2)12-20(19)32-24/h5-10,12,17H,3-4,11,13-14H2,1-2H3,(H,25,31)(H,26,27,30). The summed E-state index contributed by atoms with van der Waals surface area (Å²) < 4.78 is 1.03. The van der Waals surface area contributed by atoms with Crippen LogP contribution in [-0.2, 0) is 9.59 Å². The molecule has 3 aromatic rings. The van der Waals surface area contributed by atoms with Crippen LogP contribution in [0, 0.1) is 12.8 Å². The number of hydrogen-bond donors (Lipinski definition) is 2. The van der Waals surface area contributed by atoms with Crippen LogP contribution in [0.2, 0.25) is 0 Å². The van der Waals surface area contributed by atoms with Crippen LogP contribution in [-0.4, -0.2) is 40.7 Å². The van der Waals surface area contributed by atoms with Gasteiger partial charge in [0.25, 0.3) is 5.91 Å². The second-order valence-electron chi connectivity index (χ2n) is 8.11. The fourth-order valence-corrected chi connectivity index (χ4v) is 4.68. The van der Waals surface area contributed by atoms with Gasteiger partial charge in [0.1, 0.15) is 0 Å². The van der Waals surface area contributed by atoms with Crippen LogP contribution >= 0.6 is 11.3 Å². The number of unbranched alkanes of at least 4 members (excludes halogenated alkanes) is 1. The predicted molar refractivity (Wildman–Crippen MR) is 127 cm³/mol. The van der Waals surface area contributed by atoms with Gasteiger partial charge < -0.3 is 10.2 Å². The van der Waals surface area contributed by atoms with Crippen molar-refractivity contribution in [3.8, 4) is 0 Å². The summed E-state index contributed by atoms with van der Waals surface area (Å²) in [4.78, 5) is 43.5. The molecular weight excluding hydrogens is 424 g/mol. The number of amides is 3. The number of carbonyl (C=O) groups excluding carboxylic acids is 3. The van der Waals surface area contributed by atoms with Crippen LogP contribution < -0.4 is 10.6 Å². The van der Waals surface area contributed by atoms with Crippen LogP contribution in [0.25, 0.3) is 10.2 Å². The van der Waals surface area contributed by atoms with Gasteiger partial charge in [-0.2, -0.15) is 0 Å². The van der Waals surface area contributed by atoms with Gasteiger partial charge in [-0.25, -0.2) is 4.98 Å². The van der Waals surface area contributed by atoms with Gasteiger partial charge in [-0.05, 0) is 55.3 Å². The molecule has 4 rings (SSSR count). The molecule has 1 atom stereocenters. The Morgan fingerprint density at radius 3 is 2.69 bits per heavy atom. The van der Waals surface area contributed by atoms with Gasteiger partial charge in [-0.1, -0.05) is 30.7 Å². The van der Waals surface area contributed by atoms with Crippen LogP contribution in [0.5, 0.6) is 0 Å². The lowest BCUT2D eigenvalue weighted by Crippen LogP contribution is -2.29. The van der Waals surface area contributed by atoms with E-state index >= 15 is 0 Å². The lowest BCUT2D eigenvalue weighted by molar-refractivity contribution is -0.128. The third-order valence-corrected chi connectivity index (χ3v) is 6.48. The SMILES string of the molecule is CCCCN1CC(C(=O)Nc2ccc(C(=O)Nc3nc4ccc(C)cc4s3)cc2)CC1=O. The van der Waals surface area contributed by atoms with Crippen molar-refractivity contribution in [2.45, 2.75) is 33.1 Å². The van der Waals surface area contributed by atoms with E-state index in [1.807, 2.05) is 25.1 Å². The molecule has 0 bridgehead atoms. The molecule has 0 radical (unpaired) electrons. The Labute approximate surface area is 190 Å². The minimum absolute atomic E-state index is 0.0376. The van der Waals surface area contributed by atoms with Crippen molar-refractivity contribution >= 4 is 50.1 Å². The van der Waals surface area contributed by atoms with E-state index in [0.717, 1.165) is 28.6 Å². The molecule has 1 aromatic heterocycles. The smallest absolute Gasteiger partial charge is 0.257 e. The first-order chi connectivity index (χ1) is 15.4. The zero-order valence-corrected chi connectivity index (χ0v) is 19.0. The lowest BCUT2D eigenvalue weighted by Gasteiger charge is -2.16. The Balaban J connectivity index is 1.34. The number of aryl methyl sites for hydroxylation is 1. The number of rotatable bonds is 7. The monoisotopic (exact) mass is 450 g/mol. The normalized spacial score (nSPS) is 15.9. The van der Waals surface area contributed by atoms with E-state index in [0.29, 0.717) is 29.5 Å². The minimum Gasteiger partial charge on any atom is -0.342 e. The van der Waals surface area contributed by atoms with Crippen LogP contribution in [0.4, 0.5) is 10.8 Å². The summed E-state index contributed by atoms with van der Waals surface area (Å²) in [6, 6.07) is 12.7. The maximum Gasteiger partial charge on any atom is 0.257 e. The highest BCUT2D eigenvalue weighted by Crippen LogP contribution is 2.27. The third-order valence-electron chi connectivity index (χ3n) is 5.55. The van der Waals surface area contributed by atoms with Crippen LogP contribution in [0.15, 0.2) is 42.5 Å². The van der Waals surface area contributed by atoms with E-state index < -0.39 is 0 Å². The van der Waals surface area contributed by atoms with Crippen molar-refractivity contribution < 1.29 is 14.4 Å². The van der Waals surface area contributed by atoms with Gasteiger partial charge >= 0.3 is 0 Å². The van der Waals surface area contributed by atoms with Crippen molar-refractivity contribution in [1.29, 1.82) is 0 Å². The largest absolute Gasteiger partial charge is 0.342 e. The number of benzene rings is 2. The second kappa shape index (κ2) is 9.48. The summed E-state index contributed by atoms with van der Waals surface area (Å²) >= 11 is 1.43. The van der Waals surface area contributed by atoms with Gasteiger partial charge in [0.05, 0.1) is 16.1 Å². The molecule has 1 unspecified atom stereocenters. The second-order valence-corrected chi connectivity index (χ2v) is 9.14. The molecular formula is C24H26N4O3S. The fourth-order valence-electron chi connectivity index (χ4n) is 3.72. The number of fused-ring (bicyclic) bond motifs is 1. The molecule has 8 heteroatoms. The highest BCUT2D eigenvalue weighted by Gasteiger charge is 2.33. The third kappa shape index (κ3) is 4.96.